The van der Waals surface area contributed by atoms with Gasteiger partial charge in [0, 0.05) is 0 Å². The number of rotatable bonds is 0. The van der Waals surface area contributed by atoms with Crippen LogP contribution >= 0.6 is 0 Å². The van der Waals surface area contributed by atoms with E-state index in [-0.39, 0.29) is 130 Å². The van der Waals surface area contributed by atoms with E-state index in [0.717, 1.165) is 0 Å². The SMILES string of the molecule is [Ca+2].[K+].[Na+].[OH-].[OH-]. The van der Waals surface area contributed by atoms with Gasteiger partial charge in [-0.05, 0) is 0 Å². The zero-order valence-corrected chi connectivity index (χ0v) is 10.9. The van der Waals surface area contributed by atoms with Crippen LogP contribution in [0.2, 0.25) is 0 Å². The fraction of sp³-hybridized carbons (Fsp3) is 0. The molecule has 0 saturated heterocycles. The zero-order chi connectivity index (χ0) is 0. The summed E-state index contributed by atoms with van der Waals surface area (Å²) in [5.41, 5.74) is 0. The van der Waals surface area contributed by atoms with E-state index < -0.39 is 0 Å². The van der Waals surface area contributed by atoms with Gasteiger partial charge in [0.15, 0.2) is 0 Å². The van der Waals surface area contributed by atoms with Crippen molar-refractivity contribution < 1.29 is 91.9 Å². The van der Waals surface area contributed by atoms with Gasteiger partial charge < -0.3 is 11.0 Å². The van der Waals surface area contributed by atoms with Crippen molar-refractivity contribution in [3.8, 4) is 0 Å². The molecule has 0 rings (SSSR count). The van der Waals surface area contributed by atoms with Crippen molar-refractivity contribution in [3.63, 3.8) is 0 Å². The maximum atomic E-state index is 0. The van der Waals surface area contributed by atoms with Crippen LogP contribution in [-0.2, 0) is 0 Å². The summed E-state index contributed by atoms with van der Waals surface area (Å²) in [5, 5.41) is 0. The summed E-state index contributed by atoms with van der Waals surface area (Å²) in [4.78, 5) is 0. The first-order chi connectivity index (χ1) is 0. The van der Waals surface area contributed by atoms with Gasteiger partial charge in [-0.15, -0.1) is 0 Å². The predicted octanol–water partition coefficient (Wildman–Crippen LogP) is -6.73. The van der Waals surface area contributed by atoms with E-state index in [4.69, 9.17) is 0 Å². The average molecular weight is 136 g/mol. The van der Waals surface area contributed by atoms with Crippen molar-refractivity contribution in [1.82, 2.24) is 0 Å². The van der Waals surface area contributed by atoms with Gasteiger partial charge in [0.2, 0.25) is 0 Å². The third kappa shape index (κ3) is 18.2. The summed E-state index contributed by atoms with van der Waals surface area (Å²) in [6.07, 6.45) is 0. The first-order valence-electron chi connectivity index (χ1n) is 0. The maximum Gasteiger partial charge on any atom is 2.00 e. The summed E-state index contributed by atoms with van der Waals surface area (Å²) in [5.74, 6) is 0. The molecular weight excluding hydrogens is 134 g/mol. The summed E-state index contributed by atoms with van der Waals surface area (Å²) in [6.45, 7) is 0. The van der Waals surface area contributed by atoms with E-state index in [9.17, 15) is 0 Å². The molecule has 0 heterocycles. The number of hydrogen-bond donors (Lipinski definition) is 0. The Balaban J connectivity index is 0. The Morgan fingerprint density at radius 2 is 0.800 bits per heavy atom. The molecule has 0 aliphatic heterocycles. The summed E-state index contributed by atoms with van der Waals surface area (Å²) < 4.78 is 0. The smallest absolute Gasteiger partial charge is 0.870 e. The first-order valence-corrected chi connectivity index (χ1v) is 0. The molecule has 0 spiro atoms. The van der Waals surface area contributed by atoms with Gasteiger partial charge in [-0.3, -0.25) is 0 Å². The summed E-state index contributed by atoms with van der Waals surface area (Å²) in [6, 6.07) is 0. The Hall–Kier alpha value is 3.82. The van der Waals surface area contributed by atoms with Gasteiger partial charge in [0.25, 0.3) is 0 Å². The van der Waals surface area contributed by atoms with Crippen LogP contribution in [0.1, 0.15) is 0 Å². The van der Waals surface area contributed by atoms with Gasteiger partial charge in [-0.1, -0.05) is 0 Å². The second-order valence-corrected chi connectivity index (χ2v) is 0. The second kappa shape index (κ2) is 24.9. The van der Waals surface area contributed by atoms with E-state index in [1.165, 1.54) is 0 Å². The zero-order valence-electron chi connectivity index (χ0n) is 3.60. The van der Waals surface area contributed by atoms with Gasteiger partial charge >= 0.3 is 119 Å². The molecule has 0 radical (unpaired) electrons. The van der Waals surface area contributed by atoms with Gasteiger partial charge in [0.1, 0.15) is 0 Å². The van der Waals surface area contributed by atoms with Crippen LogP contribution in [0.5, 0.6) is 0 Å². The Kier molecular flexibility index (Phi) is 184. The van der Waals surface area contributed by atoms with Crippen LogP contribution in [0, 0.1) is 0 Å². The van der Waals surface area contributed by atoms with E-state index >= 15 is 0 Å². The standard InChI is InChI=1S/Ca.K.Na.2H2O/h;;;2*1H2/q+2;2*+1;;/p-2. The minimum absolute atomic E-state index is 0. The van der Waals surface area contributed by atoms with Crippen molar-refractivity contribution in [2.24, 2.45) is 0 Å². The molecule has 0 atom stereocenters. The second-order valence-electron chi connectivity index (χ2n) is 0. The molecule has 16 valence electrons. The van der Waals surface area contributed by atoms with Crippen LogP contribution in [0.15, 0.2) is 0 Å². The Bertz CT molecular complexity index is 9.61. The maximum absolute atomic E-state index is 0. The van der Waals surface area contributed by atoms with E-state index in [2.05, 4.69) is 0 Å². The molecule has 0 aromatic rings. The summed E-state index contributed by atoms with van der Waals surface area (Å²) >= 11 is 0. The van der Waals surface area contributed by atoms with Gasteiger partial charge in [-0.2, -0.15) is 0 Å². The van der Waals surface area contributed by atoms with Crippen LogP contribution < -0.4 is 80.9 Å². The van der Waals surface area contributed by atoms with Gasteiger partial charge in [0.05, 0.1) is 0 Å². The molecule has 0 aromatic carbocycles. The molecular formula is H2CaKNaO2+2. The average Bonchev–Trinajstić information content (AvgIpc) is 0. The topological polar surface area (TPSA) is 60.0 Å². The fourth-order valence-electron chi connectivity index (χ4n) is 0. The first kappa shape index (κ1) is 37.0. The van der Waals surface area contributed by atoms with E-state index in [0.29, 0.717) is 0 Å². The molecule has 0 aromatic heterocycles. The Morgan fingerprint density at radius 1 is 0.800 bits per heavy atom. The van der Waals surface area contributed by atoms with Crippen LogP contribution in [0.3, 0.4) is 0 Å². The third-order valence-electron chi connectivity index (χ3n) is 0. The molecule has 0 aliphatic carbocycles. The normalized spacial score (nSPS) is 0. The minimum atomic E-state index is 0. The molecule has 2 N–H and O–H groups in total. The minimum Gasteiger partial charge on any atom is -0.870 e. The third-order valence-corrected chi connectivity index (χ3v) is 0. The molecule has 0 aliphatic rings. The predicted molar refractivity (Wildman–Crippen MR) is 9.63 cm³/mol. The molecule has 2 nitrogen and oxygen atoms in total. The largest absolute Gasteiger partial charge is 2.00 e. The van der Waals surface area contributed by atoms with Crippen molar-refractivity contribution in [2.45, 2.75) is 0 Å². The van der Waals surface area contributed by atoms with Crippen LogP contribution in [0.4, 0.5) is 0 Å². The van der Waals surface area contributed by atoms with Gasteiger partial charge in [-0.25, -0.2) is 0 Å². The molecule has 0 fully saturated rings. The van der Waals surface area contributed by atoms with Crippen molar-refractivity contribution in [2.75, 3.05) is 0 Å². The molecule has 0 unspecified atom stereocenters. The summed E-state index contributed by atoms with van der Waals surface area (Å²) in [7, 11) is 0. The van der Waals surface area contributed by atoms with Crippen molar-refractivity contribution in [3.05, 3.63) is 0 Å². The van der Waals surface area contributed by atoms with E-state index in [1.54, 1.807) is 0 Å². The van der Waals surface area contributed by atoms with Crippen molar-refractivity contribution in [1.29, 1.82) is 0 Å². The molecule has 5 heteroatoms. The molecule has 0 saturated carbocycles. The quantitative estimate of drug-likeness (QED) is 0.311. The van der Waals surface area contributed by atoms with E-state index in [1.807, 2.05) is 0 Å². The van der Waals surface area contributed by atoms with Crippen LogP contribution in [-0.4, -0.2) is 48.7 Å². The van der Waals surface area contributed by atoms with Crippen LogP contribution in [0.25, 0.3) is 0 Å². The Morgan fingerprint density at radius 3 is 0.800 bits per heavy atom. The van der Waals surface area contributed by atoms with Crippen molar-refractivity contribution >= 4 is 37.7 Å². The monoisotopic (exact) mass is 136 g/mol. The molecule has 0 amide bonds. The Labute approximate surface area is 126 Å². The molecule has 0 bridgehead atoms. The number of hydrogen-bond acceptors (Lipinski definition) is 2. The fourth-order valence-corrected chi connectivity index (χ4v) is 0. The molecule has 5 heavy (non-hydrogen) atoms.